The average molecular weight is 494 g/mol. The number of sulfonamides is 1. The lowest BCUT2D eigenvalue weighted by Gasteiger charge is -2.27. The summed E-state index contributed by atoms with van der Waals surface area (Å²) in [6.45, 7) is 4.48. The third-order valence-corrected chi connectivity index (χ3v) is 6.40. The van der Waals surface area contributed by atoms with Crippen molar-refractivity contribution in [2.45, 2.75) is 18.0 Å². The standard InChI is InChI=1S/C22H22F3N5O3S/c1-15-13-20(28-21(26-15)30-9-11-33-12-10-30)27-17-5-7-18(8-6-17)29-34(31,32)19-4-2-3-16(14-19)22(23,24)25/h2-8,13-14,29H,9-12H2,1H3,(H,26,27,28). The van der Waals surface area contributed by atoms with Crippen molar-refractivity contribution in [1.29, 1.82) is 0 Å². The SMILES string of the molecule is Cc1cc(Nc2ccc(NS(=O)(=O)c3cccc(C(F)(F)F)c3)cc2)nc(N2CCOCC2)n1. The Kier molecular flexibility index (Phi) is 6.62. The zero-order valence-corrected chi connectivity index (χ0v) is 18.9. The third kappa shape index (κ3) is 5.75. The van der Waals surface area contributed by atoms with E-state index >= 15 is 0 Å². The topological polar surface area (TPSA) is 96.5 Å². The second-order valence-electron chi connectivity index (χ2n) is 7.63. The van der Waals surface area contributed by atoms with Crippen molar-refractivity contribution in [1.82, 2.24) is 9.97 Å². The maximum Gasteiger partial charge on any atom is 0.416 e. The van der Waals surface area contributed by atoms with Gasteiger partial charge in [0.25, 0.3) is 10.0 Å². The van der Waals surface area contributed by atoms with Gasteiger partial charge in [-0.1, -0.05) is 6.07 Å². The van der Waals surface area contributed by atoms with Crippen LogP contribution in [0.1, 0.15) is 11.3 Å². The van der Waals surface area contributed by atoms with Crippen LogP contribution in [-0.4, -0.2) is 44.7 Å². The summed E-state index contributed by atoms with van der Waals surface area (Å²) in [5, 5.41) is 3.16. The molecule has 4 rings (SSSR count). The van der Waals surface area contributed by atoms with E-state index in [2.05, 4.69) is 20.0 Å². The molecule has 180 valence electrons. The number of aryl methyl sites for hydroxylation is 1. The monoisotopic (exact) mass is 493 g/mol. The number of rotatable bonds is 6. The molecule has 2 N–H and O–H groups in total. The lowest BCUT2D eigenvalue weighted by atomic mass is 10.2. The van der Waals surface area contributed by atoms with E-state index in [-0.39, 0.29) is 5.69 Å². The van der Waals surface area contributed by atoms with Crippen molar-refractivity contribution in [3.05, 3.63) is 65.9 Å². The molecule has 1 saturated heterocycles. The highest BCUT2D eigenvalue weighted by atomic mass is 32.2. The molecular weight excluding hydrogens is 471 g/mol. The Labute approximate surface area is 194 Å². The molecule has 0 spiro atoms. The number of nitrogens with zero attached hydrogens (tertiary/aromatic N) is 3. The number of hydrogen-bond donors (Lipinski definition) is 2. The lowest BCUT2D eigenvalue weighted by molar-refractivity contribution is -0.137. The first-order chi connectivity index (χ1) is 16.1. The number of alkyl halides is 3. The molecule has 1 aliphatic heterocycles. The molecule has 0 bridgehead atoms. The van der Waals surface area contributed by atoms with Gasteiger partial charge in [0, 0.05) is 36.2 Å². The smallest absolute Gasteiger partial charge is 0.378 e. The van der Waals surface area contributed by atoms with Crippen LogP contribution < -0.4 is 14.9 Å². The lowest BCUT2D eigenvalue weighted by Crippen LogP contribution is -2.37. The largest absolute Gasteiger partial charge is 0.416 e. The van der Waals surface area contributed by atoms with E-state index in [0.717, 1.165) is 23.9 Å². The van der Waals surface area contributed by atoms with Crippen LogP contribution in [0.5, 0.6) is 0 Å². The van der Waals surface area contributed by atoms with Crippen LogP contribution in [0.3, 0.4) is 0 Å². The molecular formula is C22H22F3N5O3S. The van der Waals surface area contributed by atoms with Crippen molar-refractivity contribution in [2.75, 3.05) is 41.2 Å². The Morgan fingerprint density at radius 3 is 2.32 bits per heavy atom. The normalized spacial score (nSPS) is 14.6. The summed E-state index contributed by atoms with van der Waals surface area (Å²) < 4.78 is 71.5. The number of nitrogens with one attached hydrogen (secondary N) is 2. The fourth-order valence-electron chi connectivity index (χ4n) is 3.34. The maximum absolute atomic E-state index is 12.9. The fourth-order valence-corrected chi connectivity index (χ4v) is 4.45. The molecule has 1 fully saturated rings. The maximum atomic E-state index is 12.9. The highest BCUT2D eigenvalue weighted by Gasteiger charge is 2.31. The van der Waals surface area contributed by atoms with Crippen LogP contribution >= 0.6 is 0 Å². The van der Waals surface area contributed by atoms with Crippen LogP contribution in [0.25, 0.3) is 0 Å². The van der Waals surface area contributed by atoms with E-state index in [4.69, 9.17) is 4.74 Å². The summed E-state index contributed by atoms with van der Waals surface area (Å²) in [6.07, 6.45) is -4.64. The van der Waals surface area contributed by atoms with Gasteiger partial charge in [0.15, 0.2) is 0 Å². The number of hydrogen-bond acceptors (Lipinski definition) is 7. The van der Waals surface area contributed by atoms with Gasteiger partial charge >= 0.3 is 6.18 Å². The molecule has 0 aliphatic carbocycles. The zero-order chi connectivity index (χ0) is 24.3. The van der Waals surface area contributed by atoms with Crippen molar-refractivity contribution in [3.8, 4) is 0 Å². The minimum Gasteiger partial charge on any atom is -0.378 e. The van der Waals surface area contributed by atoms with Gasteiger partial charge < -0.3 is 15.0 Å². The van der Waals surface area contributed by atoms with Gasteiger partial charge in [-0.2, -0.15) is 18.2 Å². The molecule has 8 nitrogen and oxygen atoms in total. The van der Waals surface area contributed by atoms with E-state index < -0.39 is 26.7 Å². The first kappa shape index (κ1) is 23.8. The first-order valence-corrected chi connectivity index (χ1v) is 11.8. The highest BCUT2D eigenvalue weighted by molar-refractivity contribution is 7.92. The van der Waals surface area contributed by atoms with Crippen molar-refractivity contribution in [2.24, 2.45) is 0 Å². The summed E-state index contributed by atoms with van der Waals surface area (Å²) in [5.74, 6) is 1.17. The van der Waals surface area contributed by atoms with Crippen LogP contribution in [0.2, 0.25) is 0 Å². The van der Waals surface area contributed by atoms with Gasteiger partial charge in [-0.3, -0.25) is 4.72 Å². The van der Waals surface area contributed by atoms with Gasteiger partial charge in [0.2, 0.25) is 5.95 Å². The van der Waals surface area contributed by atoms with Crippen LogP contribution in [0.15, 0.2) is 59.5 Å². The second-order valence-corrected chi connectivity index (χ2v) is 9.31. The number of aromatic nitrogens is 2. The number of morpholine rings is 1. The summed E-state index contributed by atoms with van der Waals surface area (Å²) in [4.78, 5) is 10.6. The summed E-state index contributed by atoms with van der Waals surface area (Å²) in [7, 11) is -4.20. The van der Waals surface area contributed by atoms with Crippen molar-refractivity contribution >= 4 is 33.2 Å². The predicted molar refractivity (Wildman–Crippen MR) is 122 cm³/mol. The Morgan fingerprint density at radius 1 is 0.971 bits per heavy atom. The minimum atomic E-state index is -4.64. The van der Waals surface area contributed by atoms with Gasteiger partial charge in [-0.25, -0.2) is 13.4 Å². The van der Waals surface area contributed by atoms with E-state index in [1.807, 2.05) is 11.8 Å². The first-order valence-electron chi connectivity index (χ1n) is 10.4. The molecule has 0 unspecified atom stereocenters. The van der Waals surface area contributed by atoms with E-state index in [1.54, 1.807) is 18.2 Å². The van der Waals surface area contributed by atoms with Gasteiger partial charge in [-0.05, 0) is 49.4 Å². The average Bonchev–Trinajstić information content (AvgIpc) is 2.80. The molecule has 0 atom stereocenters. The summed E-state index contributed by atoms with van der Waals surface area (Å²) in [5.41, 5.74) is 0.597. The van der Waals surface area contributed by atoms with Crippen LogP contribution in [-0.2, 0) is 20.9 Å². The highest BCUT2D eigenvalue weighted by Crippen LogP contribution is 2.31. The van der Waals surface area contributed by atoms with E-state index in [1.165, 1.54) is 12.1 Å². The Bertz CT molecular complexity index is 1260. The summed E-state index contributed by atoms with van der Waals surface area (Å²) in [6, 6.07) is 11.6. The molecule has 2 heterocycles. The quantitative estimate of drug-likeness (QED) is 0.532. The molecule has 0 radical (unpaired) electrons. The Hall–Kier alpha value is -3.38. The van der Waals surface area contributed by atoms with E-state index in [9.17, 15) is 21.6 Å². The molecule has 1 aromatic heterocycles. The molecule has 34 heavy (non-hydrogen) atoms. The Morgan fingerprint density at radius 2 is 1.65 bits per heavy atom. The Balaban J connectivity index is 1.47. The number of anilines is 4. The summed E-state index contributed by atoms with van der Waals surface area (Å²) >= 11 is 0. The molecule has 3 aromatic rings. The second kappa shape index (κ2) is 9.47. The van der Waals surface area contributed by atoms with Gasteiger partial charge in [0.05, 0.1) is 23.7 Å². The van der Waals surface area contributed by atoms with E-state index in [0.29, 0.717) is 49.8 Å². The minimum absolute atomic E-state index is 0.204. The van der Waals surface area contributed by atoms with Crippen molar-refractivity contribution in [3.63, 3.8) is 0 Å². The van der Waals surface area contributed by atoms with Crippen LogP contribution in [0.4, 0.5) is 36.3 Å². The van der Waals surface area contributed by atoms with Gasteiger partial charge in [0.1, 0.15) is 5.82 Å². The number of ether oxygens (including phenoxy) is 1. The van der Waals surface area contributed by atoms with Crippen LogP contribution in [0, 0.1) is 6.92 Å². The predicted octanol–water partition coefficient (Wildman–Crippen LogP) is 4.18. The molecule has 1 aliphatic rings. The zero-order valence-electron chi connectivity index (χ0n) is 18.1. The fraction of sp³-hybridized carbons (Fsp3) is 0.273. The van der Waals surface area contributed by atoms with Crippen molar-refractivity contribution < 1.29 is 26.3 Å². The number of benzene rings is 2. The molecule has 12 heteroatoms. The molecule has 0 amide bonds. The van der Waals surface area contributed by atoms with Gasteiger partial charge in [-0.15, -0.1) is 0 Å². The third-order valence-electron chi connectivity index (χ3n) is 5.02. The molecule has 0 saturated carbocycles. The molecule has 2 aromatic carbocycles. The number of halogens is 3.